The van der Waals surface area contributed by atoms with E-state index in [0.717, 1.165) is 6.07 Å². The Balaban J connectivity index is 2.90. The number of nitrogens with zero attached hydrogens (tertiary/aromatic N) is 2. The monoisotopic (exact) mass is 240 g/mol. The van der Waals surface area contributed by atoms with Gasteiger partial charge in [0.1, 0.15) is 0 Å². The predicted octanol–water partition coefficient (Wildman–Crippen LogP) is 0.180. The summed E-state index contributed by atoms with van der Waals surface area (Å²) in [5.41, 5.74) is 0.0194. The third-order valence-corrected chi connectivity index (χ3v) is 3.04. The molecule has 0 fully saturated rings. The SMILES string of the molecule is Cn1cnc2ccc(S(=O)(=O)O)cc2c1=O. The number of benzene rings is 1. The van der Waals surface area contributed by atoms with Crippen molar-refractivity contribution in [3.05, 3.63) is 34.9 Å². The largest absolute Gasteiger partial charge is 0.302 e. The molecule has 2 aromatic rings. The molecule has 6 nitrogen and oxygen atoms in total. The summed E-state index contributed by atoms with van der Waals surface area (Å²) < 4.78 is 31.9. The Hall–Kier alpha value is -1.73. The maximum Gasteiger partial charge on any atom is 0.294 e. The number of hydrogen-bond acceptors (Lipinski definition) is 4. The van der Waals surface area contributed by atoms with Gasteiger partial charge in [0.15, 0.2) is 0 Å². The van der Waals surface area contributed by atoms with Crippen molar-refractivity contribution < 1.29 is 13.0 Å². The van der Waals surface area contributed by atoms with Crippen LogP contribution in [0.25, 0.3) is 10.9 Å². The molecule has 0 aliphatic rings. The molecule has 7 heteroatoms. The van der Waals surface area contributed by atoms with Crippen molar-refractivity contribution in [1.82, 2.24) is 9.55 Å². The Bertz CT molecular complexity index is 718. The van der Waals surface area contributed by atoms with E-state index in [4.69, 9.17) is 4.55 Å². The summed E-state index contributed by atoms with van der Waals surface area (Å²) in [6.45, 7) is 0. The van der Waals surface area contributed by atoms with E-state index < -0.39 is 10.1 Å². The summed E-state index contributed by atoms with van der Waals surface area (Å²) in [6, 6.07) is 3.68. The fourth-order valence-electron chi connectivity index (χ4n) is 1.35. The van der Waals surface area contributed by atoms with E-state index in [2.05, 4.69) is 4.98 Å². The number of aromatic nitrogens is 2. The quantitative estimate of drug-likeness (QED) is 0.718. The molecule has 0 saturated carbocycles. The minimum absolute atomic E-state index is 0.153. The van der Waals surface area contributed by atoms with Crippen molar-refractivity contribution in [1.29, 1.82) is 0 Å². The maximum absolute atomic E-state index is 11.7. The molecule has 0 unspecified atom stereocenters. The number of aryl methyl sites for hydroxylation is 1. The van der Waals surface area contributed by atoms with Crippen molar-refractivity contribution in [3.8, 4) is 0 Å². The van der Waals surface area contributed by atoms with Gasteiger partial charge < -0.3 is 4.57 Å². The zero-order valence-corrected chi connectivity index (χ0v) is 9.10. The molecule has 0 bridgehead atoms. The van der Waals surface area contributed by atoms with E-state index in [9.17, 15) is 13.2 Å². The summed E-state index contributed by atoms with van der Waals surface area (Å²) >= 11 is 0. The number of hydrogen-bond donors (Lipinski definition) is 1. The van der Waals surface area contributed by atoms with Crippen molar-refractivity contribution in [2.45, 2.75) is 4.90 Å². The average molecular weight is 240 g/mol. The first-order chi connectivity index (χ1) is 7.39. The Morgan fingerprint density at radius 2 is 2.06 bits per heavy atom. The Morgan fingerprint density at radius 1 is 1.38 bits per heavy atom. The van der Waals surface area contributed by atoms with Crippen LogP contribution in [0.1, 0.15) is 0 Å². The summed E-state index contributed by atoms with van der Waals surface area (Å²) in [5, 5.41) is 0.153. The maximum atomic E-state index is 11.7. The first-order valence-electron chi connectivity index (χ1n) is 4.32. The zero-order valence-electron chi connectivity index (χ0n) is 8.28. The van der Waals surface area contributed by atoms with Gasteiger partial charge in [0.05, 0.1) is 22.1 Å². The van der Waals surface area contributed by atoms with Crippen LogP contribution in [-0.2, 0) is 17.2 Å². The van der Waals surface area contributed by atoms with E-state index in [0.29, 0.717) is 5.52 Å². The molecule has 1 aromatic carbocycles. The first kappa shape index (κ1) is 10.8. The van der Waals surface area contributed by atoms with E-state index >= 15 is 0 Å². The summed E-state index contributed by atoms with van der Waals surface area (Å²) in [7, 11) is -2.79. The molecule has 2 rings (SSSR count). The molecule has 1 heterocycles. The van der Waals surface area contributed by atoms with Crippen molar-refractivity contribution in [2.24, 2.45) is 7.05 Å². The molecule has 0 spiro atoms. The third-order valence-electron chi connectivity index (χ3n) is 2.19. The lowest BCUT2D eigenvalue weighted by Crippen LogP contribution is -2.17. The molecular formula is C9H8N2O4S. The van der Waals surface area contributed by atoms with Crippen LogP contribution in [0, 0.1) is 0 Å². The van der Waals surface area contributed by atoms with Crippen LogP contribution in [0.5, 0.6) is 0 Å². The van der Waals surface area contributed by atoms with Gasteiger partial charge in [-0.05, 0) is 18.2 Å². The highest BCUT2D eigenvalue weighted by Gasteiger charge is 2.11. The Labute approximate surface area is 90.9 Å². The lowest BCUT2D eigenvalue weighted by molar-refractivity contribution is 0.483. The standard InChI is InChI=1S/C9H8N2O4S/c1-11-5-10-8-3-2-6(16(13,14)15)4-7(8)9(11)12/h2-5H,1H3,(H,13,14,15). The Morgan fingerprint density at radius 3 is 2.69 bits per heavy atom. The summed E-state index contributed by atoms with van der Waals surface area (Å²) in [6.07, 6.45) is 1.35. The van der Waals surface area contributed by atoms with Crippen molar-refractivity contribution >= 4 is 21.0 Å². The molecule has 0 atom stereocenters. The molecule has 0 aliphatic heterocycles. The van der Waals surface area contributed by atoms with E-state index in [-0.39, 0.29) is 15.8 Å². The van der Waals surface area contributed by atoms with E-state index in [1.165, 1.54) is 30.1 Å². The van der Waals surface area contributed by atoms with Gasteiger partial charge in [-0.25, -0.2) is 4.98 Å². The minimum Gasteiger partial charge on any atom is -0.302 e. The van der Waals surface area contributed by atoms with Crippen molar-refractivity contribution in [3.63, 3.8) is 0 Å². The fourth-order valence-corrected chi connectivity index (χ4v) is 1.86. The van der Waals surface area contributed by atoms with Crippen LogP contribution < -0.4 is 5.56 Å². The van der Waals surface area contributed by atoms with Gasteiger partial charge in [-0.3, -0.25) is 9.35 Å². The van der Waals surface area contributed by atoms with Gasteiger partial charge in [0.2, 0.25) is 0 Å². The molecular weight excluding hydrogens is 232 g/mol. The molecule has 84 valence electrons. The second-order valence-electron chi connectivity index (χ2n) is 3.31. The number of rotatable bonds is 1. The second kappa shape index (κ2) is 3.39. The van der Waals surface area contributed by atoms with Gasteiger partial charge in [-0.1, -0.05) is 0 Å². The molecule has 16 heavy (non-hydrogen) atoms. The van der Waals surface area contributed by atoms with Crippen molar-refractivity contribution in [2.75, 3.05) is 0 Å². The number of fused-ring (bicyclic) bond motifs is 1. The highest BCUT2D eigenvalue weighted by Crippen LogP contribution is 2.13. The lowest BCUT2D eigenvalue weighted by atomic mass is 10.2. The molecule has 1 N–H and O–H groups in total. The highest BCUT2D eigenvalue weighted by atomic mass is 32.2. The van der Waals surface area contributed by atoms with Crippen LogP contribution in [0.2, 0.25) is 0 Å². The van der Waals surface area contributed by atoms with Gasteiger partial charge in [-0.2, -0.15) is 8.42 Å². The topological polar surface area (TPSA) is 89.3 Å². The van der Waals surface area contributed by atoms with Crippen LogP contribution in [0.3, 0.4) is 0 Å². The minimum atomic E-state index is -4.30. The molecule has 0 aliphatic carbocycles. The van der Waals surface area contributed by atoms with E-state index in [1.807, 2.05) is 0 Å². The molecule has 0 amide bonds. The predicted molar refractivity (Wildman–Crippen MR) is 56.8 cm³/mol. The highest BCUT2D eigenvalue weighted by molar-refractivity contribution is 7.85. The molecule has 1 aromatic heterocycles. The normalized spacial score (nSPS) is 11.9. The van der Waals surface area contributed by atoms with Gasteiger partial charge in [0.25, 0.3) is 15.7 Å². The molecule has 0 saturated heterocycles. The van der Waals surface area contributed by atoms with Crippen LogP contribution in [-0.4, -0.2) is 22.5 Å². The fraction of sp³-hybridized carbons (Fsp3) is 0.111. The second-order valence-corrected chi connectivity index (χ2v) is 4.74. The smallest absolute Gasteiger partial charge is 0.294 e. The van der Waals surface area contributed by atoms with Gasteiger partial charge >= 0.3 is 0 Å². The third kappa shape index (κ3) is 1.70. The van der Waals surface area contributed by atoms with Gasteiger partial charge in [-0.15, -0.1) is 0 Å². The lowest BCUT2D eigenvalue weighted by Gasteiger charge is -2.01. The van der Waals surface area contributed by atoms with E-state index in [1.54, 1.807) is 0 Å². The average Bonchev–Trinajstić information content (AvgIpc) is 2.22. The summed E-state index contributed by atoms with van der Waals surface area (Å²) in [4.78, 5) is 15.3. The first-order valence-corrected chi connectivity index (χ1v) is 5.76. The van der Waals surface area contributed by atoms with Gasteiger partial charge in [0, 0.05) is 7.05 Å². The van der Waals surface area contributed by atoms with Crippen LogP contribution in [0.15, 0.2) is 34.2 Å². The zero-order chi connectivity index (χ0) is 11.9. The molecule has 0 radical (unpaired) electrons. The Kier molecular flexibility index (Phi) is 2.28. The summed E-state index contributed by atoms with van der Waals surface area (Å²) in [5.74, 6) is 0. The van der Waals surface area contributed by atoms with Crippen LogP contribution >= 0.6 is 0 Å². The van der Waals surface area contributed by atoms with Crippen LogP contribution in [0.4, 0.5) is 0 Å².